The van der Waals surface area contributed by atoms with Gasteiger partial charge in [-0.3, -0.25) is 0 Å². The number of furan rings is 1. The van der Waals surface area contributed by atoms with Crippen LogP contribution in [0.5, 0.6) is 11.5 Å². The number of benzene rings is 2. The molecule has 2 aliphatic rings. The molecule has 9 nitrogen and oxygen atoms in total. The summed E-state index contributed by atoms with van der Waals surface area (Å²) in [6, 6.07) is 10.4. The van der Waals surface area contributed by atoms with E-state index in [4.69, 9.17) is 18.4 Å². The Morgan fingerprint density at radius 2 is 1.77 bits per heavy atom. The Balaban J connectivity index is 1.34. The third-order valence-corrected chi connectivity index (χ3v) is 8.46. The summed E-state index contributed by atoms with van der Waals surface area (Å²) in [5.41, 5.74) is 2.01. The highest BCUT2D eigenvalue weighted by Gasteiger charge is 2.32. The van der Waals surface area contributed by atoms with Crippen LogP contribution in [0.25, 0.3) is 34.0 Å². The van der Waals surface area contributed by atoms with Gasteiger partial charge in [-0.25, -0.2) is 8.42 Å². The number of aromatic nitrogens is 2. The number of rotatable bonds is 4. The van der Waals surface area contributed by atoms with Crippen molar-refractivity contribution in [1.29, 1.82) is 0 Å². The Labute approximate surface area is 202 Å². The number of ether oxygens (including phenoxy) is 2. The van der Waals surface area contributed by atoms with Gasteiger partial charge in [0.2, 0.25) is 22.6 Å². The van der Waals surface area contributed by atoms with Gasteiger partial charge in [-0.15, -0.1) is 0 Å². The second kappa shape index (κ2) is 8.10. The number of fused-ring (bicyclic) bond motifs is 2. The van der Waals surface area contributed by atoms with E-state index in [1.54, 1.807) is 34.6 Å². The van der Waals surface area contributed by atoms with E-state index in [-0.39, 0.29) is 17.6 Å². The number of hydrogen-bond acceptors (Lipinski definition) is 8. The lowest BCUT2D eigenvalue weighted by atomic mass is 9.94. The molecule has 182 valence electrons. The van der Waals surface area contributed by atoms with Gasteiger partial charge in [-0.2, -0.15) is 9.29 Å². The minimum atomic E-state index is -3.61. The van der Waals surface area contributed by atoms with Crippen molar-refractivity contribution in [2.75, 3.05) is 19.9 Å². The van der Waals surface area contributed by atoms with Crippen LogP contribution in [0.1, 0.15) is 25.8 Å². The molecule has 2 aliphatic heterocycles. The van der Waals surface area contributed by atoms with E-state index in [9.17, 15) is 8.42 Å². The van der Waals surface area contributed by atoms with Crippen LogP contribution in [0.3, 0.4) is 0 Å². The first-order valence-electron chi connectivity index (χ1n) is 11.6. The first-order valence-corrected chi connectivity index (χ1v) is 13.0. The molecule has 10 heteroatoms. The molecule has 35 heavy (non-hydrogen) atoms. The molecule has 4 heterocycles. The first-order chi connectivity index (χ1) is 16.8. The van der Waals surface area contributed by atoms with E-state index < -0.39 is 10.0 Å². The lowest BCUT2D eigenvalue weighted by Gasteiger charge is -2.34. The maximum Gasteiger partial charge on any atom is 0.294 e. The van der Waals surface area contributed by atoms with Crippen LogP contribution in [0.2, 0.25) is 0 Å². The third kappa shape index (κ3) is 3.77. The largest absolute Gasteiger partial charge is 0.454 e. The van der Waals surface area contributed by atoms with Gasteiger partial charge in [0.15, 0.2) is 17.3 Å². The van der Waals surface area contributed by atoms with Crippen molar-refractivity contribution in [3.05, 3.63) is 42.0 Å². The normalized spacial score (nSPS) is 20.5. The van der Waals surface area contributed by atoms with Crippen molar-refractivity contribution in [1.82, 2.24) is 14.4 Å². The average molecular weight is 496 g/mol. The van der Waals surface area contributed by atoms with Crippen LogP contribution in [-0.2, 0) is 10.0 Å². The summed E-state index contributed by atoms with van der Waals surface area (Å²) in [5.74, 6) is 2.97. The molecule has 2 aromatic carbocycles. The second-order valence-electron chi connectivity index (χ2n) is 9.47. The Morgan fingerprint density at radius 3 is 2.57 bits per heavy atom. The molecule has 1 fully saturated rings. The first kappa shape index (κ1) is 22.1. The average Bonchev–Trinajstić information content (AvgIpc) is 3.56. The van der Waals surface area contributed by atoms with Crippen LogP contribution in [0.4, 0.5) is 0 Å². The maximum atomic E-state index is 13.4. The predicted molar refractivity (Wildman–Crippen MR) is 128 cm³/mol. The van der Waals surface area contributed by atoms with Crippen LogP contribution in [0, 0.1) is 18.8 Å². The summed E-state index contributed by atoms with van der Waals surface area (Å²) in [6.45, 7) is 7.29. The van der Waals surface area contributed by atoms with Gasteiger partial charge in [-0.05, 0) is 61.6 Å². The molecule has 2 aromatic heterocycles. The predicted octanol–water partition coefficient (Wildman–Crippen LogP) is 4.85. The van der Waals surface area contributed by atoms with Gasteiger partial charge in [0.25, 0.3) is 5.89 Å². The van der Waals surface area contributed by atoms with Crippen LogP contribution >= 0.6 is 0 Å². The Morgan fingerprint density at radius 1 is 1.00 bits per heavy atom. The monoisotopic (exact) mass is 495 g/mol. The van der Waals surface area contributed by atoms with E-state index in [0.717, 1.165) is 17.5 Å². The van der Waals surface area contributed by atoms with Crippen molar-refractivity contribution in [3.63, 3.8) is 0 Å². The molecule has 0 N–H and O–H groups in total. The van der Waals surface area contributed by atoms with Gasteiger partial charge in [0.05, 0.1) is 4.90 Å². The highest BCUT2D eigenvalue weighted by Crippen LogP contribution is 2.38. The number of aryl methyl sites for hydroxylation is 1. The minimum absolute atomic E-state index is 0.183. The zero-order valence-corrected chi connectivity index (χ0v) is 20.5. The van der Waals surface area contributed by atoms with Gasteiger partial charge < -0.3 is 18.4 Å². The fourth-order valence-electron chi connectivity index (χ4n) is 4.98. The quantitative estimate of drug-likeness (QED) is 0.395. The number of hydrogen-bond donors (Lipinski definition) is 0. The SMILES string of the molecule is Cc1c(-c2nc(-c3ccc4c(c3)OCO4)no2)oc2ccc(S(=O)(=O)N3C[C@H](C)C[C@@H](C)C3)cc12. The zero-order valence-electron chi connectivity index (χ0n) is 19.6. The summed E-state index contributed by atoms with van der Waals surface area (Å²) >= 11 is 0. The number of sulfonamides is 1. The summed E-state index contributed by atoms with van der Waals surface area (Å²) < 4.78 is 50.6. The Hall–Kier alpha value is -3.37. The van der Waals surface area contributed by atoms with Gasteiger partial charge in [0, 0.05) is 29.6 Å². The van der Waals surface area contributed by atoms with Crippen molar-refractivity contribution in [2.45, 2.75) is 32.1 Å². The van der Waals surface area contributed by atoms with Crippen LogP contribution < -0.4 is 9.47 Å². The van der Waals surface area contributed by atoms with Crippen molar-refractivity contribution in [3.8, 4) is 34.5 Å². The van der Waals surface area contributed by atoms with Gasteiger partial charge in [-0.1, -0.05) is 19.0 Å². The highest BCUT2D eigenvalue weighted by atomic mass is 32.2. The molecule has 0 amide bonds. The molecule has 0 bridgehead atoms. The maximum absolute atomic E-state index is 13.4. The summed E-state index contributed by atoms with van der Waals surface area (Å²) in [4.78, 5) is 4.76. The standard InChI is InChI=1S/C25H25N3O6S/c1-14-8-15(2)12-28(11-14)35(29,30)18-5-7-20-19(10-18)16(3)23(33-20)25-26-24(27-34-25)17-4-6-21-22(9-17)32-13-31-21/h4-7,9-10,14-15H,8,11-13H2,1-3H3/t14-,15-/m1/s1. The van der Waals surface area contributed by atoms with Crippen molar-refractivity contribution >= 4 is 21.0 Å². The smallest absolute Gasteiger partial charge is 0.294 e. The number of nitrogens with zero attached hydrogens (tertiary/aromatic N) is 3. The fourth-order valence-corrected chi connectivity index (χ4v) is 6.69. The molecule has 0 radical (unpaired) electrons. The summed E-state index contributed by atoms with van der Waals surface area (Å²) in [7, 11) is -3.61. The van der Waals surface area contributed by atoms with E-state index in [1.807, 2.05) is 13.0 Å². The Bertz CT molecular complexity index is 1530. The van der Waals surface area contributed by atoms with E-state index in [0.29, 0.717) is 59.0 Å². The zero-order chi connectivity index (χ0) is 24.3. The molecule has 4 aromatic rings. The molecule has 0 spiro atoms. The molecule has 0 saturated carbocycles. The molecule has 0 unspecified atom stereocenters. The fraction of sp³-hybridized carbons (Fsp3) is 0.360. The highest BCUT2D eigenvalue weighted by molar-refractivity contribution is 7.89. The van der Waals surface area contributed by atoms with Gasteiger partial charge >= 0.3 is 0 Å². The van der Waals surface area contributed by atoms with Crippen LogP contribution in [-0.4, -0.2) is 42.7 Å². The van der Waals surface area contributed by atoms with E-state index in [1.165, 1.54) is 0 Å². The molecule has 1 saturated heterocycles. The third-order valence-electron chi connectivity index (χ3n) is 6.63. The van der Waals surface area contributed by atoms with E-state index in [2.05, 4.69) is 24.0 Å². The topological polar surface area (TPSA) is 108 Å². The second-order valence-corrected chi connectivity index (χ2v) is 11.4. The minimum Gasteiger partial charge on any atom is -0.454 e. The number of piperidine rings is 1. The van der Waals surface area contributed by atoms with E-state index >= 15 is 0 Å². The lowest BCUT2D eigenvalue weighted by Crippen LogP contribution is -2.42. The van der Waals surface area contributed by atoms with Gasteiger partial charge in [0.1, 0.15) is 5.58 Å². The molecular formula is C25H25N3O6S. The van der Waals surface area contributed by atoms with Crippen LogP contribution in [0.15, 0.2) is 50.2 Å². The molecule has 6 rings (SSSR count). The summed E-state index contributed by atoms with van der Waals surface area (Å²) in [6.07, 6.45) is 1.04. The molecule has 2 atom stereocenters. The molecular weight excluding hydrogens is 470 g/mol. The lowest BCUT2D eigenvalue weighted by molar-refractivity contribution is 0.174. The Kier molecular flexibility index (Phi) is 5.12. The summed E-state index contributed by atoms with van der Waals surface area (Å²) in [5, 5.41) is 4.78. The van der Waals surface area contributed by atoms with Crippen molar-refractivity contribution in [2.24, 2.45) is 11.8 Å². The van der Waals surface area contributed by atoms with Crippen molar-refractivity contribution < 1.29 is 26.8 Å². The molecule has 0 aliphatic carbocycles.